The zero-order valence-electron chi connectivity index (χ0n) is 13.3. The van der Waals surface area contributed by atoms with E-state index in [1.807, 2.05) is 30.3 Å². The highest BCUT2D eigenvalue weighted by molar-refractivity contribution is 5.74. The number of hydrogen-bond acceptors (Lipinski definition) is 5. The van der Waals surface area contributed by atoms with Crippen LogP contribution in [0.2, 0.25) is 0 Å². The number of aromatic hydroxyl groups is 2. The molecule has 2 atom stereocenters. The normalized spacial score (nSPS) is 13.6. The molecule has 2 rings (SSSR count). The molecule has 0 spiro atoms. The monoisotopic (exact) mass is 331 g/mol. The Kier molecular flexibility index (Phi) is 5.78. The van der Waals surface area contributed by atoms with E-state index in [0.29, 0.717) is 13.0 Å². The molecule has 4 N–H and O–H groups in total. The zero-order valence-corrected chi connectivity index (χ0v) is 13.3. The summed E-state index contributed by atoms with van der Waals surface area (Å²) < 4.78 is 0. The largest absolute Gasteiger partial charge is 0.504 e. The number of phenols is 2. The third-order valence-electron chi connectivity index (χ3n) is 3.96. The number of aliphatic hydroxyl groups excluding tert-OH is 1. The van der Waals surface area contributed by atoms with Crippen LogP contribution in [-0.2, 0) is 11.2 Å². The van der Waals surface area contributed by atoms with Crippen molar-refractivity contribution in [2.75, 3.05) is 13.6 Å². The van der Waals surface area contributed by atoms with Gasteiger partial charge in [0.05, 0.1) is 0 Å². The number of carboxylic acids is 1. The van der Waals surface area contributed by atoms with Crippen molar-refractivity contribution < 1.29 is 25.2 Å². The molecule has 0 radical (unpaired) electrons. The molecule has 1 unspecified atom stereocenters. The number of carboxylic acid groups (broad SMARTS) is 1. The van der Waals surface area contributed by atoms with Crippen LogP contribution in [0.3, 0.4) is 0 Å². The quantitative estimate of drug-likeness (QED) is 0.577. The molecule has 2 aromatic rings. The summed E-state index contributed by atoms with van der Waals surface area (Å²) >= 11 is 0. The van der Waals surface area contributed by atoms with Crippen molar-refractivity contribution in [2.24, 2.45) is 0 Å². The number of benzene rings is 2. The fourth-order valence-electron chi connectivity index (χ4n) is 2.56. The molecule has 0 aromatic heterocycles. The Hall–Kier alpha value is -2.57. The summed E-state index contributed by atoms with van der Waals surface area (Å²) in [6.45, 7) is 0.447. The summed E-state index contributed by atoms with van der Waals surface area (Å²) in [4.78, 5) is 13.2. The van der Waals surface area contributed by atoms with E-state index in [9.17, 15) is 25.2 Å². The van der Waals surface area contributed by atoms with Gasteiger partial charge in [-0.15, -0.1) is 0 Å². The average molecular weight is 331 g/mol. The van der Waals surface area contributed by atoms with Gasteiger partial charge < -0.3 is 20.4 Å². The van der Waals surface area contributed by atoms with Crippen molar-refractivity contribution in [3.05, 3.63) is 59.7 Å². The molecule has 24 heavy (non-hydrogen) atoms. The second kappa shape index (κ2) is 7.81. The van der Waals surface area contributed by atoms with E-state index < -0.39 is 23.9 Å². The molecular weight excluding hydrogens is 310 g/mol. The topological polar surface area (TPSA) is 101 Å². The summed E-state index contributed by atoms with van der Waals surface area (Å²) in [6, 6.07) is 12.3. The molecule has 0 amide bonds. The van der Waals surface area contributed by atoms with Crippen LogP contribution in [-0.4, -0.2) is 50.9 Å². The van der Waals surface area contributed by atoms with E-state index in [1.165, 1.54) is 18.2 Å². The smallest absolute Gasteiger partial charge is 0.323 e. The molecule has 0 aliphatic heterocycles. The number of aliphatic carboxylic acids is 1. The second-order valence-electron chi connectivity index (χ2n) is 5.69. The second-order valence-corrected chi connectivity index (χ2v) is 5.69. The van der Waals surface area contributed by atoms with Crippen LogP contribution in [0.1, 0.15) is 17.2 Å². The van der Waals surface area contributed by atoms with Crippen molar-refractivity contribution in [3.63, 3.8) is 0 Å². The molecule has 0 saturated heterocycles. The maximum absolute atomic E-state index is 11.6. The Morgan fingerprint density at radius 3 is 2.33 bits per heavy atom. The summed E-state index contributed by atoms with van der Waals surface area (Å²) in [5.41, 5.74) is 1.30. The van der Waals surface area contributed by atoms with Crippen LogP contribution in [0.25, 0.3) is 0 Å². The predicted octanol–water partition coefficient (Wildman–Crippen LogP) is 1.76. The first kappa shape index (κ1) is 17.8. The van der Waals surface area contributed by atoms with Gasteiger partial charge in [0.25, 0.3) is 0 Å². The average Bonchev–Trinajstić information content (AvgIpc) is 2.56. The van der Waals surface area contributed by atoms with Gasteiger partial charge in [0, 0.05) is 6.54 Å². The third-order valence-corrected chi connectivity index (χ3v) is 3.96. The molecule has 0 fully saturated rings. The highest BCUT2D eigenvalue weighted by Gasteiger charge is 2.31. The molecule has 0 aliphatic rings. The van der Waals surface area contributed by atoms with Crippen molar-refractivity contribution >= 4 is 5.97 Å². The minimum absolute atomic E-state index is 0.226. The van der Waals surface area contributed by atoms with Gasteiger partial charge in [-0.25, -0.2) is 0 Å². The molecular formula is C18H21NO5. The van der Waals surface area contributed by atoms with Crippen molar-refractivity contribution in [3.8, 4) is 11.5 Å². The fraction of sp³-hybridized carbons (Fsp3) is 0.278. The lowest BCUT2D eigenvalue weighted by atomic mass is 10.00. The summed E-state index contributed by atoms with van der Waals surface area (Å²) in [5, 5.41) is 38.8. The van der Waals surface area contributed by atoms with E-state index in [-0.39, 0.29) is 11.3 Å². The maximum atomic E-state index is 11.6. The van der Waals surface area contributed by atoms with Crippen LogP contribution in [0.15, 0.2) is 48.5 Å². The van der Waals surface area contributed by atoms with Crippen LogP contribution in [0.4, 0.5) is 0 Å². The van der Waals surface area contributed by atoms with E-state index in [4.69, 9.17) is 0 Å². The van der Waals surface area contributed by atoms with Crippen molar-refractivity contribution in [1.82, 2.24) is 4.90 Å². The molecule has 0 saturated carbocycles. The SMILES string of the molecule is CN(CCc1ccccc1)[C@H](C(=O)O)C(O)c1ccc(O)c(O)c1. The van der Waals surface area contributed by atoms with Gasteiger partial charge in [0.15, 0.2) is 11.5 Å². The predicted molar refractivity (Wildman–Crippen MR) is 88.9 cm³/mol. The highest BCUT2D eigenvalue weighted by Crippen LogP contribution is 2.30. The van der Waals surface area contributed by atoms with Gasteiger partial charge in [-0.1, -0.05) is 36.4 Å². The van der Waals surface area contributed by atoms with Gasteiger partial charge in [0.2, 0.25) is 0 Å². The summed E-state index contributed by atoms with van der Waals surface area (Å²) in [5.74, 6) is -1.89. The Morgan fingerprint density at radius 1 is 1.08 bits per heavy atom. The highest BCUT2D eigenvalue weighted by atomic mass is 16.4. The van der Waals surface area contributed by atoms with Crippen LogP contribution in [0.5, 0.6) is 11.5 Å². The summed E-state index contributed by atoms with van der Waals surface area (Å²) in [7, 11) is 1.63. The molecule has 0 aliphatic carbocycles. The van der Waals surface area contributed by atoms with Gasteiger partial charge in [-0.2, -0.15) is 0 Å². The Morgan fingerprint density at radius 2 is 1.75 bits per heavy atom. The number of phenolic OH excluding ortho intramolecular Hbond substituents is 2. The van der Waals surface area contributed by atoms with E-state index >= 15 is 0 Å². The first-order valence-electron chi connectivity index (χ1n) is 7.57. The van der Waals surface area contributed by atoms with Crippen LogP contribution >= 0.6 is 0 Å². The fourth-order valence-corrected chi connectivity index (χ4v) is 2.56. The number of rotatable bonds is 7. The number of carbonyl (C=O) groups is 1. The van der Waals surface area contributed by atoms with E-state index in [1.54, 1.807) is 11.9 Å². The lowest BCUT2D eigenvalue weighted by Gasteiger charge is -2.29. The van der Waals surface area contributed by atoms with Crippen molar-refractivity contribution in [1.29, 1.82) is 0 Å². The maximum Gasteiger partial charge on any atom is 0.323 e. The van der Waals surface area contributed by atoms with Gasteiger partial charge in [0.1, 0.15) is 12.1 Å². The molecule has 6 heteroatoms. The minimum atomic E-state index is -1.34. The van der Waals surface area contributed by atoms with Gasteiger partial charge in [-0.05, 0) is 36.7 Å². The lowest BCUT2D eigenvalue weighted by Crippen LogP contribution is -2.44. The standard InChI is InChI=1S/C18H21NO5/c1-19(10-9-12-5-3-2-4-6-12)16(18(23)24)17(22)13-7-8-14(20)15(21)11-13/h2-8,11,16-17,20-22H,9-10H2,1H3,(H,23,24)/t16-,17?/m0/s1. The van der Waals surface area contributed by atoms with Gasteiger partial charge in [-0.3, -0.25) is 9.69 Å². The number of likely N-dealkylation sites (N-methyl/N-ethyl adjacent to an activating group) is 1. The van der Waals surface area contributed by atoms with E-state index in [2.05, 4.69) is 0 Å². The third kappa shape index (κ3) is 4.24. The first-order valence-corrected chi connectivity index (χ1v) is 7.57. The van der Waals surface area contributed by atoms with E-state index in [0.717, 1.165) is 5.56 Å². The molecule has 0 heterocycles. The lowest BCUT2D eigenvalue weighted by molar-refractivity contribution is -0.147. The Bertz CT molecular complexity index is 689. The number of nitrogens with zero attached hydrogens (tertiary/aromatic N) is 1. The van der Waals surface area contributed by atoms with Crippen molar-refractivity contribution in [2.45, 2.75) is 18.6 Å². The van der Waals surface area contributed by atoms with Crippen LogP contribution < -0.4 is 0 Å². The first-order chi connectivity index (χ1) is 11.4. The molecule has 2 aromatic carbocycles. The Labute approximate surface area is 140 Å². The zero-order chi connectivity index (χ0) is 17.7. The Balaban J connectivity index is 2.12. The summed E-state index contributed by atoms with van der Waals surface area (Å²) in [6.07, 6.45) is -0.691. The number of aliphatic hydroxyl groups is 1. The molecule has 6 nitrogen and oxygen atoms in total. The van der Waals surface area contributed by atoms with Gasteiger partial charge >= 0.3 is 5.97 Å². The minimum Gasteiger partial charge on any atom is -0.504 e. The van der Waals surface area contributed by atoms with Crippen LogP contribution in [0, 0.1) is 0 Å². The molecule has 0 bridgehead atoms. The number of hydrogen-bond donors (Lipinski definition) is 4. The molecule has 128 valence electrons.